The van der Waals surface area contributed by atoms with Crippen molar-refractivity contribution < 1.29 is 28.2 Å². The molecule has 1 fully saturated rings. The van der Waals surface area contributed by atoms with Crippen molar-refractivity contribution in [3.8, 4) is 0 Å². The molecule has 10 heteroatoms. The average molecular weight is 437 g/mol. The monoisotopic (exact) mass is 436 g/mol. The van der Waals surface area contributed by atoms with Gasteiger partial charge in [0, 0.05) is 30.3 Å². The zero-order valence-corrected chi connectivity index (χ0v) is 17.2. The summed E-state index contributed by atoms with van der Waals surface area (Å²) in [4.78, 5) is 24.8. The third kappa shape index (κ3) is 4.65. The van der Waals surface area contributed by atoms with Gasteiger partial charge in [0.15, 0.2) is 0 Å². The highest BCUT2D eigenvalue weighted by Crippen LogP contribution is 2.28. The number of hydrogen-bond acceptors (Lipinski definition) is 6. The van der Waals surface area contributed by atoms with Crippen LogP contribution in [0.2, 0.25) is 0 Å². The maximum absolute atomic E-state index is 12.7. The van der Waals surface area contributed by atoms with Crippen molar-refractivity contribution in [2.75, 3.05) is 34.2 Å². The van der Waals surface area contributed by atoms with Gasteiger partial charge in [0.05, 0.1) is 21.7 Å². The minimum atomic E-state index is -4.09. The molecule has 29 heavy (non-hydrogen) atoms. The van der Waals surface area contributed by atoms with Gasteiger partial charge in [0.25, 0.3) is 10.0 Å². The SMILES string of the molecule is Cc1ccc(S(=O)(=O)Nc2ccc(N3CCSCC3)c(C(=O)O)c2)cc1C(=O)O. The lowest BCUT2D eigenvalue weighted by molar-refractivity contribution is 0.0685. The van der Waals surface area contributed by atoms with E-state index >= 15 is 0 Å². The summed E-state index contributed by atoms with van der Waals surface area (Å²) in [5, 5.41) is 18.8. The molecular weight excluding hydrogens is 416 g/mol. The molecule has 0 spiro atoms. The molecule has 0 aliphatic carbocycles. The normalized spacial score (nSPS) is 14.4. The van der Waals surface area contributed by atoms with E-state index in [1.165, 1.54) is 24.3 Å². The molecule has 3 rings (SSSR count). The molecule has 0 bridgehead atoms. The minimum Gasteiger partial charge on any atom is -0.478 e. The lowest BCUT2D eigenvalue weighted by Crippen LogP contribution is -2.33. The molecule has 0 aromatic heterocycles. The molecule has 0 radical (unpaired) electrons. The highest BCUT2D eigenvalue weighted by Gasteiger charge is 2.22. The predicted octanol–water partition coefficient (Wildman–Crippen LogP) is 2.75. The van der Waals surface area contributed by atoms with Gasteiger partial charge in [0.1, 0.15) is 0 Å². The van der Waals surface area contributed by atoms with Crippen LogP contribution in [0.5, 0.6) is 0 Å². The van der Waals surface area contributed by atoms with Crippen molar-refractivity contribution in [2.24, 2.45) is 0 Å². The first kappa shape index (κ1) is 21.0. The number of anilines is 2. The Morgan fingerprint density at radius 3 is 2.28 bits per heavy atom. The van der Waals surface area contributed by atoms with E-state index in [2.05, 4.69) is 4.72 Å². The van der Waals surface area contributed by atoms with Gasteiger partial charge in [0.2, 0.25) is 0 Å². The van der Waals surface area contributed by atoms with E-state index in [0.29, 0.717) is 11.3 Å². The number of benzene rings is 2. The molecular formula is C19H20N2O6S2. The van der Waals surface area contributed by atoms with Crippen LogP contribution in [0.4, 0.5) is 11.4 Å². The number of carbonyl (C=O) groups is 2. The molecule has 0 amide bonds. The van der Waals surface area contributed by atoms with Gasteiger partial charge in [-0.3, -0.25) is 4.72 Å². The number of aromatic carboxylic acids is 2. The Hall–Kier alpha value is -2.72. The Bertz CT molecular complexity index is 1060. The van der Waals surface area contributed by atoms with Crippen LogP contribution < -0.4 is 9.62 Å². The number of rotatable bonds is 6. The maximum Gasteiger partial charge on any atom is 0.337 e. The number of carboxylic acids is 2. The standard InChI is InChI=1S/C19H20N2O6S2/c1-12-2-4-14(11-15(12)18(22)23)29(26,27)20-13-3-5-17(16(10-13)19(24)25)21-6-8-28-9-7-21/h2-5,10-11,20H,6-9H2,1H3,(H,22,23)(H,24,25). The van der Waals surface area contributed by atoms with Crippen molar-refractivity contribution >= 4 is 45.1 Å². The van der Waals surface area contributed by atoms with Crippen LogP contribution in [0.15, 0.2) is 41.3 Å². The number of thioether (sulfide) groups is 1. The summed E-state index contributed by atoms with van der Waals surface area (Å²) in [5.74, 6) is -0.584. The zero-order chi connectivity index (χ0) is 21.2. The molecule has 1 aliphatic rings. The highest BCUT2D eigenvalue weighted by atomic mass is 32.2. The van der Waals surface area contributed by atoms with Gasteiger partial charge in [-0.1, -0.05) is 6.07 Å². The molecule has 0 atom stereocenters. The largest absolute Gasteiger partial charge is 0.478 e. The average Bonchev–Trinajstić information content (AvgIpc) is 2.68. The Kier molecular flexibility index (Phi) is 6.04. The Labute approximate surface area is 172 Å². The summed E-state index contributed by atoms with van der Waals surface area (Å²) >= 11 is 1.80. The number of aryl methyl sites for hydroxylation is 1. The van der Waals surface area contributed by atoms with Gasteiger partial charge in [-0.25, -0.2) is 18.0 Å². The van der Waals surface area contributed by atoms with Crippen LogP contribution in [0.25, 0.3) is 0 Å². The first-order chi connectivity index (χ1) is 13.7. The topological polar surface area (TPSA) is 124 Å². The number of nitrogens with one attached hydrogen (secondary N) is 1. The van der Waals surface area contributed by atoms with Gasteiger partial charge in [-0.15, -0.1) is 0 Å². The maximum atomic E-state index is 12.7. The van der Waals surface area contributed by atoms with E-state index in [-0.39, 0.29) is 21.7 Å². The van der Waals surface area contributed by atoms with E-state index in [1.807, 2.05) is 4.90 Å². The van der Waals surface area contributed by atoms with Crippen LogP contribution in [-0.4, -0.2) is 55.2 Å². The second-order valence-corrected chi connectivity index (χ2v) is 9.43. The lowest BCUT2D eigenvalue weighted by atomic mass is 10.1. The fourth-order valence-corrected chi connectivity index (χ4v) is 5.04. The second kappa shape index (κ2) is 8.34. The molecule has 154 valence electrons. The van der Waals surface area contributed by atoms with E-state index in [4.69, 9.17) is 0 Å². The molecule has 0 unspecified atom stereocenters. The van der Waals surface area contributed by atoms with Crippen LogP contribution in [0.1, 0.15) is 26.3 Å². The fourth-order valence-electron chi connectivity index (χ4n) is 3.06. The van der Waals surface area contributed by atoms with Crippen molar-refractivity contribution in [3.63, 3.8) is 0 Å². The van der Waals surface area contributed by atoms with E-state index in [0.717, 1.165) is 30.7 Å². The van der Waals surface area contributed by atoms with Crippen LogP contribution in [0.3, 0.4) is 0 Å². The van der Waals surface area contributed by atoms with Crippen molar-refractivity contribution in [1.82, 2.24) is 0 Å². The summed E-state index contributed by atoms with van der Waals surface area (Å²) in [6, 6.07) is 8.18. The fraction of sp³-hybridized carbons (Fsp3) is 0.263. The van der Waals surface area contributed by atoms with Crippen molar-refractivity contribution in [1.29, 1.82) is 0 Å². The van der Waals surface area contributed by atoms with Gasteiger partial charge in [-0.2, -0.15) is 11.8 Å². The Morgan fingerprint density at radius 1 is 1.00 bits per heavy atom. The van der Waals surface area contributed by atoms with Gasteiger partial charge in [-0.05, 0) is 42.8 Å². The third-order valence-electron chi connectivity index (χ3n) is 4.58. The van der Waals surface area contributed by atoms with Crippen molar-refractivity contribution in [3.05, 3.63) is 53.1 Å². The lowest BCUT2D eigenvalue weighted by Gasteiger charge is -2.29. The number of nitrogens with zero attached hydrogens (tertiary/aromatic N) is 1. The summed E-state index contributed by atoms with van der Waals surface area (Å²) in [7, 11) is -4.09. The quantitative estimate of drug-likeness (QED) is 0.631. The molecule has 0 saturated carbocycles. The Morgan fingerprint density at radius 2 is 1.66 bits per heavy atom. The molecule has 1 saturated heterocycles. The van der Waals surface area contributed by atoms with Crippen LogP contribution in [-0.2, 0) is 10.0 Å². The zero-order valence-electron chi connectivity index (χ0n) is 15.6. The molecule has 2 aromatic rings. The van der Waals surface area contributed by atoms with E-state index in [1.54, 1.807) is 24.8 Å². The van der Waals surface area contributed by atoms with Gasteiger partial charge < -0.3 is 15.1 Å². The van der Waals surface area contributed by atoms with E-state index < -0.39 is 22.0 Å². The third-order valence-corrected chi connectivity index (χ3v) is 6.90. The van der Waals surface area contributed by atoms with E-state index in [9.17, 15) is 28.2 Å². The van der Waals surface area contributed by atoms with Crippen molar-refractivity contribution in [2.45, 2.75) is 11.8 Å². The first-order valence-corrected chi connectivity index (χ1v) is 11.4. The smallest absolute Gasteiger partial charge is 0.337 e. The molecule has 8 nitrogen and oxygen atoms in total. The van der Waals surface area contributed by atoms with Crippen LogP contribution >= 0.6 is 11.8 Å². The summed E-state index contributed by atoms with van der Waals surface area (Å²) < 4.78 is 27.7. The summed E-state index contributed by atoms with van der Waals surface area (Å²) in [5.41, 5.74) is 0.970. The molecule has 3 N–H and O–H groups in total. The Balaban J connectivity index is 1.93. The van der Waals surface area contributed by atoms with Crippen LogP contribution in [0, 0.1) is 6.92 Å². The number of sulfonamides is 1. The molecule has 1 aliphatic heterocycles. The second-order valence-electron chi connectivity index (χ2n) is 6.52. The van der Waals surface area contributed by atoms with Gasteiger partial charge >= 0.3 is 11.9 Å². The minimum absolute atomic E-state index is 0.00670. The first-order valence-electron chi connectivity index (χ1n) is 8.76. The summed E-state index contributed by atoms with van der Waals surface area (Å²) in [6.07, 6.45) is 0. The number of hydrogen-bond donors (Lipinski definition) is 3. The molecule has 1 heterocycles. The highest BCUT2D eigenvalue weighted by molar-refractivity contribution is 7.99. The molecule has 2 aromatic carbocycles. The predicted molar refractivity (Wildman–Crippen MR) is 112 cm³/mol. The number of carboxylic acid groups (broad SMARTS) is 2. The summed E-state index contributed by atoms with van der Waals surface area (Å²) in [6.45, 7) is 3.01.